The molecule has 4 amide bonds. The average Bonchev–Trinajstić information content (AvgIpc) is 3.50. The van der Waals surface area contributed by atoms with Crippen molar-refractivity contribution in [1.29, 1.82) is 0 Å². The van der Waals surface area contributed by atoms with Crippen LogP contribution < -0.4 is 27.0 Å². The van der Waals surface area contributed by atoms with Gasteiger partial charge in [0.25, 0.3) is 5.69 Å². The quantitative estimate of drug-likeness (QED) is 0.103. The van der Waals surface area contributed by atoms with Crippen LogP contribution >= 0.6 is 0 Å². The summed E-state index contributed by atoms with van der Waals surface area (Å²) in [5, 5.41) is 32.8. The maximum atomic E-state index is 13.9. The Morgan fingerprint density at radius 3 is 2.31 bits per heavy atom. The van der Waals surface area contributed by atoms with Crippen LogP contribution in [0.5, 0.6) is 5.75 Å². The standard InChI is InChI=1S/C35H39N7O7/c36-27(17-21-10-14-25(43)15-11-21)32(44)39-29-7-3-4-16-37-33(45)30(18-22-8-12-24(13-9-22)42(48)49)40-35(47)31(41-34(29)46)19-23-20-38-28-6-2-1-5-26(23)28/h1-2,5-6,8-15,20,27,29-31,38,43H,3-4,7,16-19,36H2,(H,37,45)(H,39,44)(H,40,47)(H,41,46)/t27-,29+,30-,31-/m0/s1. The number of aromatic amines is 1. The number of nitro benzene ring substituents is 1. The first-order valence-electron chi connectivity index (χ1n) is 16.1. The van der Waals surface area contributed by atoms with Crippen molar-refractivity contribution in [2.45, 2.75) is 62.7 Å². The second-order valence-corrected chi connectivity index (χ2v) is 12.1. The third-order valence-electron chi connectivity index (χ3n) is 8.53. The molecular formula is C35H39N7O7. The molecule has 49 heavy (non-hydrogen) atoms. The molecule has 2 heterocycles. The van der Waals surface area contributed by atoms with E-state index in [1.807, 2.05) is 24.3 Å². The number of amides is 4. The first kappa shape index (κ1) is 34.6. The minimum Gasteiger partial charge on any atom is -0.508 e. The van der Waals surface area contributed by atoms with Gasteiger partial charge in [-0.25, -0.2) is 0 Å². The molecule has 0 radical (unpaired) electrons. The molecule has 0 saturated carbocycles. The van der Waals surface area contributed by atoms with E-state index in [-0.39, 0.29) is 43.7 Å². The van der Waals surface area contributed by atoms with Gasteiger partial charge in [0.05, 0.1) is 11.0 Å². The van der Waals surface area contributed by atoms with Crippen molar-refractivity contribution < 1.29 is 29.2 Å². The summed E-state index contributed by atoms with van der Waals surface area (Å²) in [4.78, 5) is 68.1. The van der Waals surface area contributed by atoms with Crippen molar-refractivity contribution >= 4 is 40.2 Å². The number of nitrogens with two attached hydrogens (primary N) is 1. The molecule has 0 aliphatic carbocycles. The van der Waals surface area contributed by atoms with Crippen LogP contribution in [0.3, 0.4) is 0 Å². The zero-order chi connectivity index (χ0) is 34.9. The highest BCUT2D eigenvalue weighted by atomic mass is 16.6. The lowest BCUT2D eigenvalue weighted by Gasteiger charge is -2.25. The van der Waals surface area contributed by atoms with Gasteiger partial charge in [-0.3, -0.25) is 29.3 Å². The van der Waals surface area contributed by atoms with Crippen molar-refractivity contribution in [2.24, 2.45) is 5.73 Å². The Labute approximate surface area is 282 Å². The number of nitro groups is 1. The van der Waals surface area contributed by atoms with E-state index in [1.54, 1.807) is 18.3 Å². The van der Waals surface area contributed by atoms with E-state index < -0.39 is 52.7 Å². The van der Waals surface area contributed by atoms with Crippen LogP contribution in [0.15, 0.2) is 79.0 Å². The number of fused-ring (bicyclic) bond motifs is 1. The molecule has 3 aromatic carbocycles. The lowest BCUT2D eigenvalue weighted by atomic mass is 10.0. The normalized spacial score (nSPS) is 19.7. The molecule has 1 aliphatic rings. The van der Waals surface area contributed by atoms with Gasteiger partial charge >= 0.3 is 0 Å². The Balaban J connectivity index is 1.38. The molecule has 14 nitrogen and oxygen atoms in total. The van der Waals surface area contributed by atoms with E-state index in [0.717, 1.165) is 22.0 Å². The number of hydrogen-bond donors (Lipinski definition) is 7. The first-order chi connectivity index (χ1) is 23.6. The molecule has 1 aliphatic heterocycles. The molecule has 0 spiro atoms. The van der Waals surface area contributed by atoms with Gasteiger partial charge < -0.3 is 37.1 Å². The third kappa shape index (κ3) is 9.20. The van der Waals surface area contributed by atoms with Gasteiger partial charge in [-0.15, -0.1) is 0 Å². The van der Waals surface area contributed by atoms with Gasteiger partial charge in [-0.1, -0.05) is 42.5 Å². The van der Waals surface area contributed by atoms with E-state index in [9.17, 15) is 34.4 Å². The van der Waals surface area contributed by atoms with Crippen molar-refractivity contribution in [1.82, 2.24) is 26.3 Å². The van der Waals surface area contributed by atoms with Crippen LogP contribution in [0.25, 0.3) is 10.9 Å². The number of aromatic nitrogens is 1. The Kier molecular flexibility index (Phi) is 11.2. The highest BCUT2D eigenvalue weighted by Gasteiger charge is 2.32. The Bertz CT molecular complexity index is 1810. The first-order valence-corrected chi connectivity index (χ1v) is 16.1. The number of phenols is 1. The number of para-hydroxylation sites is 1. The van der Waals surface area contributed by atoms with Gasteiger partial charge in [0.2, 0.25) is 23.6 Å². The molecule has 14 heteroatoms. The number of nitrogens with zero attached hydrogens (tertiary/aromatic N) is 1. The SMILES string of the molecule is N[C@@H](Cc1ccc(O)cc1)C(=O)N[C@@H]1CCCCNC(=O)[C@H](Cc2ccc([N+](=O)[O-])cc2)NC(=O)[C@H](Cc2c[nH]c3ccccc23)NC1=O. The van der Waals surface area contributed by atoms with E-state index >= 15 is 0 Å². The number of nitrogens with one attached hydrogen (secondary N) is 5. The number of aromatic hydroxyl groups is 1. The van der Waals surface area contributed by atoms with Crippen LogP contribution in [0.4, 0.5) is 5.69 Å². The fraction of sp³-hybridized carbons (Fsp3) is 0.314. The van der Waals surface area contributed by atoms with Gasteiger partial charge in [-0.05, 0) is 60.6 Å². The van der Waals surface area contributed by atoms with Gasteiger partial charge in [0, 0.05) is 48.6 Å². The topological polar surface area (TPSA) is 222 Å². The van der Waals surface area contributed by atoms with Crippen LogP contribution in [-0.4, -0.2) is 69.4 Å². The lowest BCUT2D eigenvalue weighted by Crippen LogP contribution is -2.58. The highest BCUT2D eigenvalue weighted by Crippen LogP contribution is 2.20. The Morgan fingerprint density at radius 1 is 0.898 bits per heavy atom. The predicted molar refractivity (Wildman–Crippen MR) is 181 cm³/mol. The van der Waals surface area contributed by atoms with Crippen molar-refractivity contribution in [3.63, 3.8) is 0 Å². The molecule has 256 valence electrons. The van der Waals surface area contributed by atoms with E-state index in [4.69, 9.17) is 5.73 Å². The number of rotatable bonds is 9. The molecular weight excluding hydrogens is 630 g/mol. The van der Waals surface area contributed by atoms with Crippen LogP contribution in [0.2, 0.25) is 0 Å². The van der Waals surface area contributed by atoms with Gasteiger partial charge in [-0.2, -0.15) is 0 Å². The minimum absolute atomic E-state index is 0.0565. The molecule has 1 aromatic heterocycles. The summed E-state index contributed by atoms with van der Waals surface area (Å²) in [6.45, 7) is 0.257. The number of carbonyl (C=O) groups excluding carboxylic acids is 4. The molecule has 0 unspecified atom stereocenters. The largest absolute Gasteiger partial charge is 0.508 e. The summed E-state index contributed by atoms with van der Waals surface area (Å²) in [5.74, 6) is -2.09. The highest BCUT2D eigenvalue weighted by molar-refractivity contribution is 5.95. The number of non-ortho nitro benzene ring substituents is 1. The molecule has 1 fully saturated rings. The number of hydrogen-bond acceptors (Lipinski definition) is 8. The van der Waals surface area contributed by atoms with Crippen molar-refractivity contribution in [3.05, 3.63) is 106 Å². The number of carbonyl (C=O) groups is 4. The minimum atomic E-state index is -1.13. The zero-order valence-electron chi connectivity index (χ0n) is 26.7. The maximum absolute atomic E-state index is 13.9. The summed E-state index contributed by atoms with van der Waals surface area (Å²) in [7, 11) is 0. The summed E-state index contributed by atoms with van der Waals surface area (Å²) < 4.78 is 0. The smallest absolute Gasteiger partial charge is 0.269 e. The molecule has 8 N–H and O–H groups in total. The molecule has 1 saturated heterocycles. The monoisotopic (exact) mass is 669 g/mol. The molecule has 0 bridgehead atoms. The van der Waals surface area contributed by atoms with E-state index in [1.165, 1.54) is 36.4 Å². The second-order valence-electron chi connectivity index (χ2n) is 12.1. The number of benzene rings is 3. The fourth-order valence-corrected chi connectivity index (χ4v) is 5.81. The molecule has 4 aromatic rings. The fourth-order valence-electron chi connectivity index (χ4n) is 5.81. The molecule has 4 atom stereocenters. The van der Waals surface area contributed by atoms with Crippen LogP contribution in [-0.2, 0) is 38.4 Å². The average molecular weight is 670 g/mol. The Hall–Kier alpha value is -5.76. The second kappa shape index (κ2) is 15.9. The van der Waals surface area contributed by atoms with Crippen LogP contribution in [0, 0.1) is 10.1 Å². The van der Waals surface area contributed by atoms with Crippen molar-refractivity contribution in [2.75, 3.05) is 6.54 Å². The third-order valence-corrected chi connectivity index (χ3v) is 8.53. The predicted octanol–water partition coefficient (Wildman–Crippen LogP) is 1.89. The van der Waals surface area contributed by atoms with Gasteiger partial charge in [0.1, 0.15) is 23.9 Å². The van der Waals surface area contributed by atoms with E-state index in [0.29, 0.717) is 18.4 Å². The van der Waals surface area contributed by atoms with E-state index in [2.05, 4.69) is 26.3 Å². The number of H-pyrrole nitrogens is 1. The summed E-state index contributed by atoms with van der Waals surface area (Å²) >= 11 is 0. The van der Waals surface area contributed by atoms with Crippen LogP contribution in [0.1, 0.15) is 36.0 Å². The summed E-state index contributed by atoms with van der Waals surface area (Å²) in [6.07, 6.45) is 3.25. The number of phenolic OH excluding ortho intramolecular Hbond substituents is 1. The lowest BCUT2D eigenvalue weighted by molar-refractivity contribution is -0.384. The zero-order valence-corrected chi connectivity index (χ0v) is 26.7. The van der Waals surface area contributed by atoms with Crippen molar-refractivity contribution in [3.8, 4) is 5.75 Å². The summed E-state index contributed by atoms with van der Waals surface area (Å²) in [6, 6.07) is 15.4. The summed E-state index contributed by atoms with van der Waals surface area (Å²) in [5.41, 5.74) is 9.03. The molecule has 5 rings (SSSR count). The maximum Gasteiger partial charge on any atom is 0.269 e. The van der Waals surface area contributed by atoms with Gasteiger partial charge in [0.15, 0.2) is 0 Å². The Morgan fingerprint density at radius 2 is 1.57 bits per heavy atom.